The fourth-order valence-electron chi connectivity index (χ4n) is 5.65. The van der Waals surface area contributed by atoms with E-state index in [-0.39, 0.29) is 42.6 Å². The van der Waals surface area contributed by atoms with E-state index in [1.165, 1.54) is 4.90 Å². The van der Waals surface area contributed by atoms with Crippen LogP contribution < -0.4 is 5.32 Å². The first-order valence-electron chi connectivity index (χ1n) is 13.3. The van der Waals surface area contributed by atoms with Crippen molar-refractivity contribution < 1.29 is 19.5 Å². The van der Waals surface area contributed by atoms with Crippen LogP contribution in [0.4, 0.5) is 0 Å². The predicted octanol–water partition coefficient (Wildman–Crippen LogP) is 3.94. The largest absolute Gasteiger partial charge is 0.391 e. The molecule has 1 unspecified atom stereocenters. The molecule has 0 saturated carbocycles. The smallest absolute Gasteiger partial charge is 0.255 e. The van der Waals surface area contributed by atoms with Crippen LogP contribution in [0.5, 0.6) is 0 Å². The highest BCUT2D eigenvalue weighted by Crippen LogP contribution is 2.31. The Hall–Kier alpha value is -3.56. The molecule has 1 fully saturated rings. The number of aliphatic hydroxyl groups excluding tert-OH is 1. The number of aliphatic hydroxyl groups is 1. The molecular formula is C30H34N4O4S. The van der Waals surface area contributed by atoms with Gasteiger partial charge < -0.3 is 20.2 Å². The molecule has 3 amide bonds. The molecule has 1 saturated heterocycles. The van der Waals surface area contributed by atoms with Crippen LogP contribution in [0.15, 0.2) is 54.0 Å². The molecule has 2 aromatic carbocycles. The Bertz CT molecular complexity index is 1390. The Balaban J connectivity index is 1.30. The molecule has 0 radical (unpaired) electrons. The molecule has 3 aromatic rings. The van der Waals surface area contributed by atoms with Crippen molar-refractivity contribution in [2.45, 2.75) is 64.9 Å². The highest BCUT2D eigenvalue weighted by Gasteiger charge is 2.46. The number of nitrogens with one attached hydrogen (secondary N) is 1. The van der Waals surface area contributed by atoms with Crippen LogP contribution >= 0.6 is 11.3 Å². The number of hydrogen-bond acceptors (Lipinski definition) is 6. The number of aryl methyl sites for hydroxylation is 1. The minimum absolute atomic E-state index is 0.0619. The predicted molar refractivity (Wildman–Crippen MR) is 150 cm³/mol. The molecule has 3 heterocycles. The molecule has 2 aliphatic rings. The van der Waals surface area contributed by atoms with Crippen LogP contribution in [0, 0.1) is 12.8 Å². The van der Waals surface area contributed by atoms with Gasteiger partial charge in [-0.1, -0.05) is 56.3 Å². The first-order valence-corrected chi connectivity index (χ1v) is 14.2. The summed E-state index contributed by atoms with van der Waals surface area (Å²) >= 11 is 1.59. The zero-order chi connectivity index (χ0) is 27.8. The van der Waals surface area contributed by atoms with Gasteiger partial charge in [0, 0.05) is 25.1 Å². The van der Waals surface area contributed by atoms with Gasteiger partial charge in [0.2, 0.25) is 11.8 Å². The molecule has 8 nitrogen and oxygen atoms in total. The third-order valence-electron chi connectivity index (χ3n) is 7.71. The Labute approximate surface area is 232 Å². The van der Waals surface area contributed by atoms with Gasteiger partial charge in [0.05, 0.1) is 28.2 Å². The van der Waals surface area contributed by atoms with Crippen molar-refractivity contribution in [2.24, 2.45) is 5.92 Å². The summed E-state index contributed by atoms with van der Waals surface area (Å²) in [6, 6.07) is 13.6. The summed E-state index contributed by atoms with van der Waals surface area (Å²) < 4.78 is 0. The molecule has 2 aliphatic heterocycles. The van der Waals surface area contributed by atoms with Gasteiger partial charge >= 0.3 is 0 Å². The molecular weight excluding hydrogens is 512 g/mol. The van der Waals surface area contributed by atoms with Crippen molar-refractivity contribution in [3.63, 3.8) is 0 Å². The molecule has 4 atom stereocenters. The first-order chi connectivity index (χ1) is 18.7. The van der Waals surface area contributed by atoms with E-state index < -0.39 is 18.2 Å². The number of nitrogens with zero attached hydrogens (tertiary/aromatic N) is 3. The maximum atomic E-state index is 13.9. The quantitative estimate of drug-likeness (QED) is 0.467. The van der Waals surface area contributed by atoms with Crippen LogP contribution in [0.1, 0.15) is 60.4 Å². The number of carbonyl (C=O) groups excluding carboxylic acids is 3. The maximum Gasteiger partial charge on any atom is 0.255 e. The van der Waals surface area contributed by atoms with E-state index in [1.807, 2.05) is 75.7 Å². The van der Waals surface area contributed by atoms with Crippen LogP contribution in [-0.4, -0.2) is 62.3 Å². The molecule has 1 aromatic heterocycles. The van der Waals surface area contributed by atoms with E-state index in [0.29, 0.717) is 12.1 Å². The molecule has 204 valence electrons. The number of likely N-dealkylation sites (tertiary alicyclic amines) is 1. The van der Waals surface area contributed by atoms with Gasteiger partial charge in [-0.3, -0.25) is 14.4 Å². The van der Waals surface area contributed by atoms with Crippen LogP contribution in [0.25, 0.3) is 10.4 Å². The van der Waals surface area contributed by atoms with E-state index in [2.05, 4.69) is 10.3 Å². The van der Waals surface area contributed by atoms with Crippen LogP contribution in [-0.2, 0) is 16.1 Å². The first kappa shape index (κ1) is 27.0. The number of amides is 3. The van der Waals surface area contributed by atoms with Crippen molar-refractivity contribution in [1.29, 1.82) is 0 Å². The molecule has 9 heteroatoms. The van der Waals surface area contributed by atoms with Crippen LogP contribution in [0.2, 0.25) is 0 Å². The van der Waals surface area contributed by atoms with Crippen molar-refractivity contribution in [3.05, 3.63) is 76.4 Å². The lowest BCUT2D eigenvalue weighted by molar-refractivity contribution is -0.143. The van der Waals surface area contributed by atoms with Crippen molar-refractivity contribution in [2.75, 3.05) is 6.54 Å². The second-order valence-electron chi connectivity index (χ2n) is 10.8. The Morgan fingerprint density at radius 3 is 2.46 bits per heavy atom. The topological polar surface area (TPSA) is 103 Å². The zero-order valence-corrected chi connectivity index (χ0v) is 23.4. The van der Waals surface area contributed by atoms with Gasteiger partial charge in [-0.25, -0.2) is 4.98 Å². The summed E-state index contributed by atoms with van der Waals surface area (Å²) in [5.41, 5.74) is 6.32. The number of hydrogen-bond donors (Lipinski definition) is 2. The number of benzene rings is 2. The summed E-state index contributed by atoms with van der Waals surface area (Å²) in [7, 11) is 0. The Morgan fingerprint density at radius 1 is 1.10 bits per heavy atom. The van der Waals surface area contributed by atoms with Crippen molar-refractivity contribution in [3.8, 4) is 10.4 Å². The SMILES string of the molecule is Cc1ncsc1-c1ccc([C@H](C)NC(=O)[C@@H]2C[C@@H](O)CN2C(=O)C(C(C)C)N2Cc3ccccc3C2=O)cc1. The zero-order valence-electron chi connectivity index (χ0n) is 22.6. The Morgan fingerprint density at radius 2 is 1.82 bits per heavy atom. The number of carbonyl (C=O) groups is 3. The second-order valence-corrected chi connectivity index (χ2v) is 11.6. The molecule has 5 rings (SSSR count). The fraction of sp³-hybridized carbons (Fsp3) is 0.400. The molecule has 0 spiro atoms. The summed E-state index contributed by atoms with van der Waals surface area (Å²) in [6.45, 7) is 8.10. The fourth-order valence-corrected chi connectivity index (χ4v) is 6.46. The average Bonchev–Trinajstić information content (AvgIpc) is 3.61. The third kappa shape index (κ3) is 5.21. The number of thiazole rings is 1. The number of aromatic nitrogens is 1. The minimum atomic E-state index is -0.810. The Kier molecular flexibility index (Phi) is 7.55. The average molecular weight is 547 g/mol. The van der Waals surface area contributed by atoms with Gasteiger partial charge in [0.25, 0.3) is 5.91 Å². The van der Waals surface area contributed by atoms with E-state index in [1.54, 1.807) is 22.3 Å². The van der Waals surface area contributed by atoms with Crippen molar-refractivity contribution >= 4 is 29.1 Å². The molecule has 39 heavy (non-hydrogen) atoms. The lowest BCUT2D eigenvalue weighted by atomic mass is 10.00. The highest BCUT2D eigenvalue weighted by atomic mass is 32.1. The summed E-state index contributed by atoms with van der Waals surface area (Å²) in [6.07, 6.45) is -0.645. The van der Waals surface area contributed by atoms with Gasteiger partial charge in [-0.15, -0.1) is 11.3 Å². The third-order valence-corrected chi connectivity index (χ3v) is 8.69. The van der Waals surface area contributed by atoms with E-state index in [4.69, 9.17) is 0 Å². The van der Waals surface area contributed by atoms with Gasteiger partial charge in [-0.05, 0) is 42.5 Å². The number of fused-ring (bicyclic) bond motifs is 1. The van der Waals surface area contributed by atoms with Gasteiger partial charge in [-0.2, -0.15) is 0 Å². The lowest BCUT2D eigenvalue weighted by Gasteiger charge is -2.35. The number of rotatable bonds is 7. The van der Waals surface area contributed by atoms with E-state index in [0.717, 1.165) is 27.3 Å². The molecule has 0 bridgehead atoms. The molecule has 0 aliphatic carbocycles. The maximum absolute atomic E-state index is 13.9. The number of β-amino-alcohol motifs (C(OH)–C–C–N with tert-alkyl or cyclic N) is 1. The van der Waals surface area contributed by atoms with E-state index >= 15 is 0 Å². The normalized spacial score (nSPS) is 20.3. The second kappa shape index (κ2) is 10.9. The monoisotopic (exact) mass is 546 g/mol. The highest BCUT2D eigenvalue weighted by molar-refractivity contribution is 7.13. The minimum Gasteiger partial charge on any atom is -0.391 e. The van der Waals surface area contributed by atoms with Crippen molar-refractivity contribution in [1.82, 2.24) is 20.1 Å². The van der Waals surface area contributed by atoms with Gasteiger partial charge in [0.1, 0.15) is 12.1 Å². The molecule has 2 N–H and O–H groups in total. The van der Waals surface area contributed by atoms with Gasteiger partial charge in [0.15, 0.2) is 0 Å². The lowest BCUT2D eigenvalue weighted by Crippen LogP contribution is -2.55. The van der Waals surface area contributed by atoms with E-state index in [9.17, 15) is 19.5 Å². The summed E-state index contributed by atoms with van der Waals surface area (Å²) in [5.74, 6) is -0.964. The summed E-state index contributed by atoms with van der Waals surface area (Å²) in [4.78, 5) is 49.0. The summed E-state index contributed by atoms with van der Waals surface area (Å²) in [5, 5.41) is 13.5. The standard InChI is InChI=1S/C30H34N4O4S/c1-17(2)26(34-14-22-7-5-6-8-24(22)29(34)37)30(38)33-15-23(35)13-25(33)28(36)32-18(3)20-9-11-21(12-10-20)27-19(4)31-16-39-27/h5-12,16-18,23,25-26,35H,13-15H2,1-4H3,(H,32,36)/t18-,23+,25-,26?/m0/s1. The van der Waals surface area contributed by atoms with Crippen LogP contribution in [0.3, 0.4) is 0 Å².